The van der Waals surface area contributed by atoms with E-state index < -0.39 is 0 Å². The highest BCUT2D eigenvalue weighted by atomic mass is 16.5. The minimum absolute atomic E-state index is 0.153. The summed E-state index contributed by atoms with van der Waals surface area (Å²) in [6.45, 7) is 5.20. The number of carbonyl (C=O) groups excluding carboxylic acids is 1. The zero-order chi connectivity index (χ0) is 20.2. The lowest BCUT2D eigenvalue weighted by Gasteiger charge is -2.16. The predicted octanol–water partition coefficient (Wildman–Crippen LogP) is 2.35. The molecule has 1 saturated heterocycles. The Morgan fingerprint density at radius 3 is 2.86 bits per heavy atom. The van der Waals surface area contributed by atoms with E-state index in [0.29, 0.717) is 32.7 Å². The highest BCUT2D eigenvalue weighted by Crippen LogP contribution is 2.31. The Balaban J connectivity index is 1.45. The van der Waals surface area contributed by atoms with Gasteiger partial charge in [-0.2, -0.15) is 5.10 Å². The SMILES string of the molecule is CCOc1ccc(CC(=O)N2CC[C@@H](c3nn(CCN)c4ncccc34)C2)cc1. The van der Waals surface area contributed by atoms with Crippen molar-refractivity contribution in [2.75, 3.05) is 26.2 Å². The fraction of sp³-hybridized carbons (Fsp3) is 0.409. The van der Waals surface area contributed by atoms with E-state index >= 15 is 0 Å². The summed E-state index contributed by atoms with van der Waals surface area (Å²) in [6.07, 6.45) is 3.10. The third kappa shape index (κ3) is 4.10. The van der Waals surface area contributed by atoms with E-state index in [0.717, 1.165) is 41.0 Å². The van der Waals surface area contributed by atoms with Gasteiger partial charge in [-0.1, -0.05) is 12.1 Å². The van der Waals surface area contributed by atoms with Crippen molar-refractivity contribution in [1.29, 1.82) is 0 Å². The Morgan fingerprint density at radius 2 is 2.10 bits per heavy atom. The molecule has 0 radical (unpaired) electrons. The molecule has 29 heavy (non-hydrogen) atoms. The molecule has 1 amide bonds. The first-order valence-corrected chi connectivity index (χ1v) is 10.2. The van der Waals surface area contributed by atoms with E-state index in [4.69, 9.17) is 15.6 Å². The molecule has 1 fully saturated rings. The minimum atomic E-state index is 0.153. The molecule has 1 atom stereocenters. The number of rotatable bonds is 7. The first kappa shape index (κ1) is 19.4. The minimum Gasteiger partial charge on any atom is -0.494 e. The maximum atomic E-state index is 12.8. The lowest BCUT2D eigenvalue weighted by atomic mass is 10.0. The summed E-state index contributed by atoms with van der Waals surface area (Å²) in [5.74, 6) is 1.21. The number of ether oxygens (including phenoxy) is 1. The second kappa shape index (κ2) is 8.61. The summed E-state index contributed by atoms with van der Waals surface area (Å²) in [7, 11) is 0. The van der Waals surface area contributed by atoms with Crippen molar-refractivity contribution in [2.24, 2.45) is 5.73 Å². The van der Waals surface area contributed by atoms with Crippen LogP contribution in [-0.2, 0) is 17.8 Å². The highest BCUT2D eigenvalue weighted by molar-refractivity contribution is 5.81. The van der Waals surface area contributed by atoms with Gasteiger partial charge in [-0.15, -0.1) is 0 Å². The standard InChI is InChI=1S/C22H27N5O2/c1-2-29-18-7-5-16(6-8-18)14-20(28)26-12-9-17(15-26)21-19-4-3-11-24-22(19)27(25-21)13-10-23/h3-8,11,17H,2,9-10,12-15,23H2,1H3/t17-/m1/s1. The maximum absolute atomic E-state index is 12.8. The van der Waals surface area contributed by atoms with Crippen LogP contribution in [0.15, 0.2) is 42.6 Å². The van der Waals surface area contributed by atoms with Gasteiger partial charge >= 0.3 is 0 Å². The molecular weight excluding hydrogens is 366 g/mol. The molecule has 7 heteroatoms. The molecule has 1 aromatic carbocycles. The van der Waals surface area contributed by atoms with Crippen LogP contribution in [0.5, 0.6) is 5.75 Å². The zero-order valence-electron chi connectivity index (χ0n) is 16.8. The molecule has 2 aromatic heterocycles. The number of aromatic nitrogens is 3. The van der Waals surface area contributed by atoms with E-state index in [2.05, 4.69) is 11.1 Å². The molecule has 3 aromatic rings. The first-order valence-electron chi connectivity index (χ1n) is 10.2. The van der Waals surface area contributed by atoms with Crippen LogP contribution in [0.2, 0.25) is 0 Å². The van der Waals surface area contributed by atoms with Gasteiger partial charge in [0.2, 0.25) is 5.91 Å². The Bertz CT molecular complexity index is 983. The van der Waals surface area contributed by atoms with Crippen molar-refractivity contribution < 1.29 is 9.53 Å². The largest absolute Gasteiger partial charge is 0.494 e. The Kier molecular flexibility index (Phi) is 5.76. The van der Waals surface area contributed by atoms with E-state index in [9.17, 15) is 4.79 Å². The van der Waals surface area contributed by atoms with Gasteiger partial charge < -0.3 is 15.4 Å². The van der Waals surface area contributed by atoms with Gasteiger partial charge in [0.05, 0.1) is 25.3 Å². The van der Waals surface area contributed by atoms with Crippen molar-refractivity contribution in [2.45, 2.75) is 32.2 Å². The fourth-order valence-electron chi connectivity index (χ4n) is 3.98. The van der Waals surface area contributed by atoms with E-state index in [1.54, 1.807) is 6.20 Å². The lowest BCUT2D eigenvalue weighted by Crippen LogP contribution is -2.29. The van der Waals surface area contributed by atoms with E-state index in [-0.39, 0.29) is 11.8 Å². The first-order chi connectivity index (χ1) is 14.2. The summed E-state index contributed by atoms with van der Waals surface area (Å²) in [4.78, 5) is 19.2. The number of benzene rings is 1. The van der Waals surface area contributed by atoms with Crippen molar-refractivity contribution >= 4 is 16.9 Å². The van der Waals surface area contributed by atoms with Crippen molar-refractivity contribution in [3.05, 3.63) is 53.9 Å². The van der Waals surface area contributed by atoms with Crippen molar-refractivity contribution in [1.82, 2.24) is 19.7 Å². The quantitative estimate of drug-likeness (QED) is 0.666. The number of fused-ring (bicyclic) bond motifs is 1. The van der Waals surface area contributed by atoms with Crippen molar-refractivity contribution in [3.63, 3.8) is 0 Å². The molecule has 0 unspecified atom stereocenters. The summed E-state index contributed by atoms with van der Waals surface area (Å²) >= 11 is 0. The van der Waals surface area contributed by atoms with Crippen LogP contribution in [0.4, 0.5) is 0 Å². The normalized spacial score (nSPS) is 16.5. The van der Waals surface area contributed by atoms with Gasteiger partial charge in [0.15, 0.2) is 5.65 Å². The third-order valence-electron chi connectivity index (χ3n) is 5.39. The maximum Gasteiger partial charge on any atom is 0.227 e. The molecule has 152 valence electrons. The van der Waals surface area contributed by atoms with Gasteiger partial charge in [0.1, 0.15) is 5.75 Å². The molecule has 1 aliphatic heterocycles. The molecule has 0 saturated carbocycles. The number of pyridine rings is 1. The fourth-order valence-corrected chi connectivity index (χ4v) is 3.98. The third-order valence-corrected chi connectivity index (χ3v) is 5.39. The Morgan fingerprint density at radius 1 is 1.28 bits per heavy atom. The number of nitrogens with two attached hydrogens (primary N) is 1. The second-order valence-corrected chi connectivity index (χ2v) is 7.35. The molecule has 1 aliphatic rings. The summed E-state index contributed by atoms with van der Waals surface area (Å²) in [5, 5.41) is 5.85. The smallest absolute Gasteiger partial charge is 0.227 e. The van der Waals surface area contributed by atoms with Crippen LogP contribution in [0, 0.1) is 0 Å². The van der Waals surface area contributed by atoms with Crippen LogP contribution < -0.4 is 10.5 Å². The average Bonchev–Trinajstić information content (AvgIpc) is 3.36. The number of nitrogens with zero attached hydrogens (tertiary/aromatic N) is 4. The Labute approximate surface area is 170 Å². The van der Waals surface area contributed by atoms with Crippen LogP contribution in [0.1, 0.15) is 30.5 Å². The molecule has 2 N–H and O–H groups in total. The van der Waals surface area contributed by atoms with Crippen LogP contribution in [0.3, 0.4) is 0 Å². The summed E-state index contributed by atoms with van der Waals surface area (Å²) in [6, 6.07) is 11.8. The Hall–Kier alpha value is -2.93. The van der Waals surface area contributed by atoms with Crippen LogP contribution in [-0.4, -0.2) is 51.8 Å². The predicted molar refractivity (Wildman–Crippen MR) is 112 cm³/mol. The summed E-state index contributed by atoms with van der Waals surface area (Å²) < 4.78 is 7.35. The molecule has 7 nitrogen and oxygen atoms in total. The number of likely N-dealkylation sites (tertiary alicyclic amines) is 1. The van der Waals surface area contributed by atoms with Crippen molar-refractivity contribution in [3.8, 4) is 5.75 Å². The van der Waals surface area contributed by atoms with Gasteiger partial charge in [-0.3, -0.25) is 4.79 Å². The second-order valence-electron chi connectivity index (χ2n) is 7.35. The van der Waals surface area contributed by atoms with Gasteiger partial charge in [0, 0.05) is 37.1 Å². The molecule has 0 aliphatic carbocycles. The molecular formula is C22H27N5O2. The molecule has 0 bridgehead atoms. The van der Waals surface area contributed by atoms with E-state index in [1.807, 2.05) is 46.8 Å². The number of amides is 1. The van der Waals surface area contributed by atoms with Crippen LogP contribution in [0.25, 0.3) is 11.0 Å². The van der Waals surface area contributed by atoms with E-state index in [1.165, 1.54) is 0 Å². The van der Waals surface area contributed by atoms with Crippen LogP contribution >= 0.6 is 0 Å². The molecule has 3 heterocycles. The zero-order valence-corrected chi connectivity index (χ0v) is 16.8. The summed E-state index contributed by atoms with van der Waals surface area (Å²) in [5.41, 5.74) is 8.62. The topological polar surface area (TPSA) is 86.3 Å². The van der Waals surface area contributed by atoms with Gasteiger partial charge in [-0.05, 0) is 43.2 Å². The van der Waals surface area contributed by atoms with Gasteiger partial charge in [-0.25, -0.2) is 9.67 Å². The highest BCUT2D eigenvalue weighted by Gasteiger charge is 2.30. The number of carbonyl (C=O) groups is 1. The number of hydrogen-bond acceptors (Lipinski definition) is 5. The lowest BCUT2D eigenvalue weighted by molar-refractivity contribution is -0.129. The molecule has 0 spiro atoms. The monoisotopic (exact) mass is 393 g/mol. The molecule has 4 rings (SSSR count). The van der Waals surface area contributed by atoms with Gasteiger partial charge in [0.25, 0.3) is 0 Å². The number of hydrogen-bond donors (Lipinski definition) is 1. The average molecular weight is 393 g/mol.